The molecule has 0 aliphatic rings. The average molecular weight is 411 g/mol. The number of hydrogen-bond donors (Lipinski definition) is 0. The Morgan fingerprint density at radius 3 is 1.08 bits per heavy atom. The van der Waals surface area contributed by atoms with Crippen LogP contribution in [-0.2, 0) is 12.3 Å². The Balaban J connectivity index is 0. The maximum absolute atomic E-state index is 6.58. The molecule has 0 bridgehead atoms. The first-order valence-corrected chi connectivity index (χ1v) is 21.2. The van der Waals surface area contributed by atoms with E-state index in [4.69, 9.17) is 12.3 Å². The number of unbranched alkanes of at least 4 members (excludes halogenated alkanes) is 2. The Hall–Kier alpha value is 0.748. The number of hydrogen-bond acceptors (Lipinski definition) is 3. The molecule has 0 atom stereocenters. The minimum absolute atomic E-state index is 0. The van der Waals surface area contributed by atoms with Gasteiger partial charge in [0.25, 0.3) is 0 Å². The second-order valence-corrected chi connectivity index (χ2v) is 24.9. The molecule has 0 aromatic carbocycles. The molecule has 0 spiro atoms. The molecule has 3 nitrogen and oxygen atoms in total. The van der Waals surface area contributed by atoms with Crippen molar-refractivity contribution in [3.8, 4) is 0 Å². The molecule has 0 saturated heterocycles. The van der Waals surface area contributed by atoms with Gasteiger partial charge in [-0.25, -0.2) is 0 Å². The van der Waals surface area contributed by atoms with Crippen LogP contribution < -0.4 is 0 Å². The highest BCUT2D eigenvalue weighted by Crippen LogP contribution is 2.27. The molecular weight excluding hydrogens is 365 g/mol. The molecule has 0 radical (unpaired) electrons. The molecule has 0 saturated carbocycles. The van der Waals surface area contributed by atoms with Gasteiger partial charge in [-0.15, -0.1) is 0 Å². The van der Waals surface area contributed by atoms with Crippen molar-refractivity contribution < 1.29 is 12.3 Å². The zero-order valence-corrected chi connectivity index (χ0v) is 21.5. The summed E-state index contributed by atoms with van der Waals surface area (Å²) in [5, 5.41) is 0. The van der Waals surface area contributed by atoms with E-state index in [2.05, 4.69) is 66.2 Å². The van der Waals surface area contributed by atoms with Crippen LogP contribution in [0.15, 0.2) is 0 Å². The number of rotatable bonds is 12. The van der Waals surface area contributed by atoms with Crippen molar-refractivity contribution in [2.75, 3.05) is 0 Å². The van der Waals surface area contributed by atoms with Gasteiger partial charge in [0.15, 0.2) is 16.6 Å². The van der Waals surface area contributed by atoms with Crippen LogP contribution in [0.25, 0.3) is 0 Å². The molecule has 0 aromatic rings. The zero-order chi connectivity index (χ0) is 18.4. The van der Waals surface area contributed by atoms with E-state index in [9.17, 15) is 0 Å². The maximum Gasteiger partial charge on any atom is 0.312 e. The van der Waals surface area contributed by atoms with Crippen molar-refractivity contribution in [3.05, 3.63) is 0 Å². The third-order valence-corrected chi connectivity index (χ3v) is 19.2. The normalized spacial score (nSPS) is 13.8. The second kappa shape index (κ2) is 10.8. The topological polar surface area (TPSA) is 27.7 Å². The summed E-state index contributed by atoms with van der Waals surface area (Å²) in [6.45, 7) is 22.6. The molecule has 0 fully saturated rings. The summed E-state index contributed by atoms with van der Waals surface area (Å²) in [5.41, 5.74) is 0. The summed E-state index contributed by atoms with van der Waals surface area (Å²) in [6, 6.07) is 2.45. The molecule has 24 heavy (non-hydrogen) atoms. The standard InChI is InChI=1S/C16H42O3Si4.CH4/c1-11-13-15-20(3,4)17-22(7,8)19-23(9,10)18-21(5,6)16-14-12-2;/h11-16H2,1-10H3;1H4. The Kier molecular flexibility index (Phi) is 12.1. The van der Waals surface area contributed by atoms with Crippen molar-refractivity contribution in [2.45, 2.75) is 111 Å². The summed E-state index contributed by atoms with van der Waals surface area (Å²) in [6.07, 6.45) is 5.00. The molecule has 0 heterocycles. The van der Waals surface area contributed by atoms with E-state index in [-0.39, 0.29) is 7.43 Å². The molecule has 0 N–H and O–H groups in total. The summed E-state index contributed by atoms with van der Waals surface area (Å²) in [5.74, 6) is 0. The average Bonchev–Trinajstić information content (AvgIpc) is 2.29. The molecular formula is C17H46O3Si4. The Morgan fingerprint density at radius 1 is 0.542 bits per heavy atom. The van der Waals surface area contributed by atoms with Gasteiger partial charge in [-0.2, -0.15) is 0 Å². The Bertz CT molecular complexity index is 313. The lowest BCUT2D eigenvalue weighted by Gasteiger charge is -2.41. The van der Waals surface area contributed by atoms with E-state index in [0.717, 1.165) is 0 Å². The second-order valence-electron chi connectivity index (χ2n) is 8.83. The van der Waals surface area contributed by atoms with E-state index in [1.807, 2.05) is 0 Å². The van der Waals surface area contributed by atoms with Crippen LogP contribution in [0.5, 0.6) is 0 Å². The summed E-state index contributed by atoms with van der Waals surface area (Å²) >= 11 is 0. The van der Waals surface area contributed by atoms with Crippen LogP contribution >= 0.6 is 0 Å². The van der Waals surface area contributed by atoms with Gasteiger partial charge in [0, 0.05) is 0 Å². The van der Waals surface area contributed by atoms with Gasteiger partial charge in [-0.3, -0.25) is 0 Å². The smallest absolute Gasteiger partial charge is 0.312 e. The first-order chi connectivity index (χ1) is 10.2. The summed E-state index contributed by atoms with van der Waals surface area (Å²) in [7, 11) is -7.52. The maximum atomic E-state index is 6.58. The molecule has 0 unspecified atom stereocenters. The van der Waals surface area contributed by atoms with Crippen molar-refractivity contribution >= 4 is 33.8 Å². The van der Waals surface area contributed by atoms with Crippen LogP contribution in [0.1, 0.15) is 47.0 Å². The van der Waals surface area contributed by atoms with Gasteiger partial charge >= 0.3 is 17.1 Å². The van der Waals surface area contributed by atoms with Crippen molar-refractivity contribution in [1.82, 2.24) is 0 Å². The first kappa shape index (κ1) is 27.0. The molecule has 0 aliphatic heterocycles. The Labute approximate surface area is 157 Å². The van der Waals surface area contributed by atoms with E-state index >= 15 is 0 Å². The predicted molar refractivity (Wildman–Crippen MR) is 119 cm³/mol. The predicted octanol–water partition coefficient (Wildman–Crippen LogP) is 7.09. The minimum atomic E-state index is -2.13. The van der Waals surface area contributed by atoms with Crippen LogP contribution in [0.2, 0.25) is 64.5 Å². The molecule has 148 valence electrons. The first-order valence-electron chi connectivity index (χ1n) is 9.35. The van der Waals surface area contributed by atoms with Gasteiger partial charge in [-0.05, 0) is 64.5 Å². The molecule has 0 aliphatic carbocycles. The SMILES string of the molecule is C.CCCC[Si](C)(C)O[Si](C)(C)O[Si](C)(C)O[Si](C)(C)CCCC. The third-order valence-electron chi connectivity index (χ3n) is 3.80. The monoisotopic (exact) mass is 410 g/mol. The van der Waals surface area contributed by atoms with E-state index in [1.54, 1.807) is 0 Å². The van der Waals surface area contributed by atoms with Crippen LogP contribution in [0.4, 0.5) is 0 Å². The van der Waals surface area contributed by atoms with Gasteiger partial charge < -0.3 is 12.3 Å². The highest BCUT2D eigenvalue weighted by molar-refractivity contribution is 6.89. The molecule has 0 amide bonds. The zero-order valence-electron chi connectivity index (χ0n) is 17.5. The summed E-state index contributed by atoms with van der Waals surface area (Å²) in [4.78, 5) is 0. The Morgan fingerprint density at radius 2 is 0.833 bits per heavy atom. The van der Waals surface area contributed by atoms with Gasteiger partial charge in [-0.1, -0.05) is 47.0 Å². The third kappa shape index (κ3) is 13.0. The van der Waals surface area contributed by atoms with E-state index in [0.29, 0.717) is 0 Å². The molecule has 0 rings (SSSR count). The lowest BCUT2D eigenvalue weighted by Crippen LogP contribution is -2.56. The fourth-order valence-electron chi connectivity index (χ4n) is 3.27. The van der Waals surface area contributed by atoms with Crippen LogP contribution in [0, 0.1) is 0 Å². The fourth-order valence-corrected chi connectivity index (χ4v) is 23.0. The van der Waals surface area contributed by atoms with E-state index in [1.165, 1.54) is 37.8 Å². The van der Waals surface area contributed by atoms with Crippen LogP contribution in [0.3, 0.4) is 0 Å². The molecule has 7 heteroatoms. The summed E-state index contributed by atoms with van der Waals surface area (Å²) < 4.78 is 19.7. The van der Waals surface area contributed by atoms with Gasteiger partial charge in [0.1, 0.15) is 0 Å². The quantitative estimate of drug-likeness (QED) is 0.321. The highest BCUT2D eigenvalue weighted by atomic mass is 28.5. The molecule has 0 aromatic heterocycles. The lowest BCUT2D eigenvalue weighted by atomic mass is 10.4. The van der Waals surface area contributed by atoms with Gasteiger partial charge in [0.05, 0.1) is 0 Å². The van der Waals surface area contributed by atoms with E-state index < -0.39 is 33.8 Å². The fraction of sp³-hybridized carbons (Fsp3) is 1.00. The van der Waals surface area contributed by atoms with Crippen molar-refractivity contribution in [1.29, 1.82) is 0 Å². The lowest BCUT2D eigenvalue weighted by molar-refractivity contribution is 0.327. The van der Waals surface area contributed by atoms with Crippen molar-refractivity contribution in [3.63, 3.8) is 0 Å². The van der Waals surface area contributed by atoms with Crippen LogP contribution in [-0.4, -0.2) is 33.8 Å². The van der Waals surface area contributed by atoms with Crippen molar-refractivity contribution in [2.24, 2.45) is 0 Å². The van der Waals surface area contributed by atoms with Gasteiger partial charge in [0.2, 0.25) is 0 Å². The minimum Gasteiger partial charge on any atom is -0.436 e. The highest BCUT2D eigenvalue weighted by Gasteiger charge is 2.42. The largest absolute Gasteiger partial charge is 0.436 e.